The lowest BCUT2D eigenvalue weighted by molar-refractivity contribution is -0.114. The summed E-state index contributed by atoms with van der Waals surface area (Å²) in [5, 5.41) is 6.22. The van der Waals surface area contributed by atoms with Crippen molar-refractivity contribution in [1.82, 2.24) is 19.9 Å². The molecule has 1 amide bonds. The number of anilines is 4. The number of carbonyl (C=O) groups excluding carboxylic acids is 1. The molecule has 3 aromatic rings. The summed E-state index contributed by atoms with van der Waals surface area (Å²) in [6.07, 6.45) is 5.89. The Balaban J connectivity index is 1.33. The number of nitrogens with one attached hydrogen (secondary N) is 2. The van der Waals surface area contributed by atoms with Crippen LogP contribution in [0.4, 0.5) is 23.0 Å². The summed E-state index contributed by atoms with van der Waals surface area (Å²) in [5.41, 5.74) is 4.20. The van der Waals surface area contributed by atoms with Crippen molar-refractivity contribution in [1.29, 1.82) is 0 Å². The molecular formula is C26H29N7O3. The van der Waals surface area contributed by atoms with Crippen LogP contribution >= 0.6 is 0 Å². The Labute approximate surface area is 209 Å². The zero-order valence-electron chi connectivity index (χ0n) is 20.5. The van der Waals surface area contributed by atoms with Crippen molar-refractivity contribution in [3.8, 4) is 11.3 Å². The number of morpholine rings is 1. The molecule has 186 valence electrons. The quantitative estimate of drug-likeness (QED) is 0.541. The maximum atomic E-state index is 11.7. The zero-order valence-corrected chi connectivity index (χ0v) is 20.5. The number of aromatic nitrogens is 4. The molecule has 3 aliphatic heterocycles. The minimum Gasteiger partial charge on any atom is -0.378 e. The van der Waals surface area contributed by atoms with E-state index in [0.29, 0.717) is 24.3 Å². The molecule has 2 N–H and O–H groups in total. The molecule has 6 heterocycles. The summed E-state index contributed by atoms with van der Waals surface area (Å²) in [7, 11) is 0. The number of amides is 1. The highest BCUT2D eigenvalue weighted by Gasteiger charge is 2.55. The highest BCUT2D eigenvalue weighted by Crippen LogP contribution is 2.50. The molecule has 7 rings (SSSR count). The number of hydrogen-bond acceptors (Lipinski definition) is 9. The number of aryl methyl sites for hydroxylation is 1. The van der Waals surface area contributed by atoms with E-state index in [-0.39, 0.29) is 11.3 Å². The molecule has 0 spiro atoms. The Kier molecular flexibility index (Phi) is 5.77. The molecule has 0 aromatic carbocycles. The molecule has 1 aliphatic carbocycles. The Morgan fingerprint density at radius 3 is 2.61 bits per heavy atom. The second kappa shape index (κ2) is 9.11. The van der Waals surface area contributed by atoms with Gasteiger partial charge in [-0.1, -0.05) is 0 Å². The van der Waals surface area contributed by atoms with Crippen LogP contribution < -0.4 is 15.5 Å². The van der Waals surface area contributed by atoms with Crippen LogP contribution in [0.25, 0.3) is 11.3 Å². The fourth-order valence-corrected chi connectivity index (χ4v) is 5.15. The van der Waals surface area contributed by atoms with Gasteiger partial charge in [-0.15, -0.1) is 0 Å². The SMILES string of the molecule is CC(=O)Nc1cc(Nc2cc(C)nc(C34COC(C3)C4)n2)c(-c2ccc(N3CCOCC3)cn2)cn1. The number of carbonyl (C=O) groups is 1. The zero-order chi connectivity index (χ0) is 24.7. The standard InChI is InChI=1S/C26H29N7O3/c1-16-9-24(32-25(29-16)26-11-19(12-26)36-15-26)31-22-10-23(30-17(2)34)28-14-20(22)21-4-3-18(13-27-21)33-5-7-35-8-6-33/h3-4,9-10,13-14,19H,5-8,11-12,15H2,1-2H3,(H2,28,29,30,31,32,34). The molecule has 3 aromatic heterocycles. The molecule has 10 heteroatoms. The summed E-state index contributed by atoms with van der Waals surface area (Å²) in [5.74, 6) is 1.78. The van der Waals surface area contributed by atoms with Gasteiger partial charge in [0.25, 0.3) is 0 Å². The summed E-state index contributed by atoms with van der Waals surface area (Å²) in [4.78, 5) is 32.7. The highest BCUT2D eigenvalue weighted by atomic mass is 16.5. The second-order valence-electron chi connectivity index (χ2n) is 9.76. The Bertz CT molecular complexity index is 1280. The maximum absolute atomic E-state index is 11.7. The number of rotatable bonds is 6. The molecule has 1 saturated carbocycles. The third-order valence-electron chi connectivity index (χ3n) is 7.03. The van der Waals surface area contributed by atoms with Crippen LogP contribution in [0.1, 0.15) is 31.3 Å². The molecular weight excluding hydrogens is 458 g/mol. The van der Waals surface area contributed by atoms with Crippen molar-refractivity contribution in [3.05, 3.63) is 48.2 Å². The predicted octanol–water partition coefficient (Wildman–Crippen LogP) is 3.21. The molecule has 0 unspecified atom stereocenters. The normalized spacial score (nSPS) is 22.7. The Morgan fingerprint density at radius 2 is 1.92 bits per heavy atom. The van der Waals surface area contributed by atoms with Crippen LogP contribution in [0.15, 0.2) is 36.7 Å². The smallest absolute Gasteiger partial charge is 0.222 e. The van der Waals surface area contributed by atoms with Gasteiger partial charge in [0.2, 0.25) is 5.91 Å². The fraction of sp³-hybridized carbons (Fsp3) is 0.423. The van der Waals surface area contributed by atoms with Gasteiger partial charge in [-0.05, 0) is 31.9 Å². The maximum Gasteiger partial charge on any atom is 0.222 e. The molecule has 0 radical (unpaired) electrons. The molecule has 36 heavy (non-hydrogen) atoms. The summed E-state index contributed by atoms with van der Waals surface area (Å²) in [6, 6.07) is 7.79. The topological polar surface area (TPSA) is 114 Å². The number of ether oxygens (including phenoxy) is 2. The highest BCUT2D eigenvalue weighted by molar-refractivity contribution is 5.89. The van der Waals surface area contributed by atoms with Crippen LogP contribution in [0.3, 0.4) is 0 Å². The summed E-state index contributed by atoms with van der Waals surface area (Å²) >= 11 is 0. The van der Waals surface area contributed by atoms with E-state index in [1.165, 1.54) is 6.92 Å². The van der Waals surface area contributed by atoms with E-state index in [4.69, 9.17) is 24.4 Å². The van der Waals surface area contributed by atoms with Gasteiger partial charge in [-0.2, -0.15) is 0 Å². The minimum atomic E-state index is -0.186. The van der Waals surface area contributed by atoms with Gasteiger partial charge in [0.05, 0.1) is 54.6 Å². The van der Waals surface area contributed by atoms with E-state index in [0.717, 1.165) is 73.3 Å². The van der Waals surface area contributed by atoms with Gasteiger partial charge in [0.1, 0.15) is 17.5 Å². The third kappa shape index (κ3) is 4.38. The monoisotopic (exact) mass is 487 g/mol. The first kappa shape index (κ1) is 22.8. The average Bonchev–Trinajstić information content (AvgIpc) is 3.47. The average molecular weight is 488 g/mol. The number of hydrogen-bond donors (Lipinski definition) is 2. The van der Waals surface area contributed by atoms with Crippen molar-refractivity contribution in [2.45, 2.75) is 38.2 Å². The van der Waals surface area contributed by atoms with Crippen LogP contribution in [-0.4, -0.2) is 64.9 Å². The van der Waals surface area contributed by atoms with Gasteiger partial charge in [0, 0.05) is 49.6 Å². The summed E-state index contributed by atoms with van der Waals surface area (Å²) < 4.78 is 11.3. The number of fused-ring (bicyclic) bond motifs is 1. The van der Waals surface area contributed by atoms with Gasteiger partial charge in [0.15, 0.2) is 0 Å². The third-order valence-corrected chi connectivity index (χ3v) is 7.03. The first-order valence-corrected chi connectivity index (χ1v) is 12.3. The van der Waals surface area contributed by atoms with Gasteiger partial charge in [-0.3, -0.25) is 9.78 Å². The van der Waals surface area contributed by atoms with E-state index in [1.807, 2.05) is 31.3 Å². The van der Waals surface area contributed by atoms with Gasteiger partial charge >= 0.3 is 0 Å². The second-order valence-corrected chi connectivity index (χ2v) is 9.76. The molecule has 0 atom stereocenters. The van der Waals surface area contributed by atoms with E-state index in [1.54, 1.807) is 6.20 Å². The number of nitrogens with zero attached hydrogens (tertiary/aromatic N) is 5. The molecule has 3 saturated heterocycles. The first-order valence-electron chi connectivity index (χ1n) is 12.3. The van der Waals surface area contributed by atoms with Crippen LogP contribution in [-0.2, 0) is 19.7 Å². The van der Waals surface area contributed by atoms with Crippen molar-refractivity contribution in [2.24, 2.45) is 0 Å². The van der Waals surface area contributed by atoms with Crippen LogP contribution in [0.2, 0.25) is 0 Å². The van der Waals surface area contributed by atoms with E-state index in [2.05, 4.69) is 26.6 Å². The van der Waals surface area contributed by atoms with Crippen molar-refractivity contribution in [3.63, 3.8) is 0 Å². The Hall–Kier alpha value is -3.63. The predicted molar refractivity (Wildman–Crippen MR) is 136 cm³/mol. The Morgan fingerprint density at radius 1 is 1.08 bits per heavy atom. The molecule has 2 bridgehead atoms. The van der Waals surface area contributed by atoms with Gasteiger partial charge in [-0.25, -0.2) is 15.0 Å². The lowest BCUT2D eigenvalue weighted by Gasteiger charge is -2.33. The molecule has 10 nitrogen and oxygen atoms in total. The molecule has 4 aliphatic rings. The van der Waals surface area contributed by atoms with Crippen LogP contribution in [0, 0.1) is 6.92 Å². The van der Waals surface area contributed by atoms with E-state index < -0.39 is 0 Å². The van der Waals surface area contributed by atoms with Gasteiger partial charge < -0.3 is 25.0 Å². The van der Waals surface area contributed by atoms with Crippen molar-refractivity contribution in [2.75, 3.05) is 48.4 Å². The first-order chi connectivity index (χ1) is 17.5. The molecule has 4 fully saturated rings. The largest absolute Gasteiger partial charge is 0.378 e. The fourth-order valence-electron chi connectivity index (χ4n) is 5.15. The van der Waals surface area contributed by atoms with Crippen LogP contribution in [0.5, 0.6) is 0 Å². The van der Waals surface area contributed by atoms with Crippen molar-refractivity contribution >= 4 is 28.9 Å². The van der Waals surface area contributed by atoms with E-state index in [9.17, 15) is 4.79 Å². The lowest BCUT2D eigenvalue weighted by atomic mass is 9.69. The minimum absolute atomic E-state index is 0.0770. The van der Waals surface area contributed by atoms with E-state index >= 15 is 0 Å². The lowest BCUT2D eigenvalue weighted by Crippen LogP contribution is -2.39. The summed E-state index contributed by atoms with van der Waals surface area (Å²) in [6.45, 7) is 7.25. The number of pyridine rings is 2. The van der Waals surface area contributed by atoms with Crippen molar-refractivity contribution < 1.29 is 14.3 Å².